The van der Waals surface area contributed by atoms with E-state index in [9.17, 15) is 9.59 Å². The lowest BCUT2D eigenvalue weighted by Crippen LogP contribution is -2.38. The second-order valence-corrected chi connectivity index (χ2v) is 2.19. The van der Waals surface area contributed by atoms with Gasteiger partial charge in [-0.05, 0) is 19.9 Å². The van der Waals surface area contributed by atoms with Crippen LogP contribution in [0, 0.1) is 0 Å². The van der Waals surface area contributed by atoms with Crippen molar-refractivity contribution >= 4 is 11.9 Å². The molecule has 0 saturated carbocycles. The molecule has 4 heteroatoms. The van der Waals surface area contributed by atoms with Gasteiger partial charge in [-0.2, -0.15) is 0 Å². The molecule has 0 heterocycles. The molecule has 4 nitrogen and oxygen atoms in total. The minimum Gasteiger partial charge on any atom is -0.464 e. The van der Waals surface area contributed by atoms with Crippen LogP contribution in [0.5, 0.6) is 0 Å². The first-order valence-electron chi connectivity index (χ1n) is 3.71. The van der Waals surface area contributed by atoms with Gasteiger partial charge in [0.25, 0.3) is 0 Å². The van der Waals surface area contributed by atoms with Gasteiger partial charge in [-0.3, -0.25) is 4.79 Å². The van der Waals surface area contributed by atoms with E-state index in [0.717, 1.165) is 6.08 Å². The van der Waals surface area contributed by atoms with Crippen LogP contribution < -0.4 is 5.32 Å². The number of nitrogens with one attached hydrogen (secondary N) is 1. The van der Waals surface area contributed by atoms with Crippen molar-refractivity contribution in [2.75, 3.05) is 6.61 Å². The minimum absolute atomic E-state index is 0.313. The molecule has 12 heavy (non-hydrogen) atoms. The number of hydrogen-bond acceptors (Lipinski definition) is 3. The van der Waals surface area contributed by atoms with E-state index in [2.05, 4.69) is 16.6 Å². The summed E-state index contributed by atoms with van der Waals surface area (Å²) in [4.78, 5) is 21.6. The molecule has 68 valence electrons. The van der Waals surface area contributed by atoms with Gasteiger partial charge in [-0.1, -0.05) is 6.58 Å². The van der Waals surface area contributed by atoms with Crippen LogP contribution in [0.4, 0.5) is 0 Å². The Morgan fingerprint density at radius 1 is 1.67 bits per heavy atom. The van der Waals surface area contributed by atoms with Crippen LogP contribution >= 0.6 is 0 Å². The van der Waals surface area contributed by atoms with Gasteiger partial charge in [0.15, 0.2) is 0 Å². The number of rotatable bonds is 4. The summed E-state index contributed by atoms with van der Waals surface area (Å²) in [5.41, 5.74) is 0. The van der Waals surface area contributed by atoms with Crippen LogP contribution in [0.3, 0.4) is 0 Å². The zero-order chi connectivity index (χ0) is 9.56. The van der Waals surface area contributed by atoms with Gasteiger partial charge in [0, 0.05) is 0 Å². The third-order valence-corrected chi connectivity index (χ3v) is 1.18. The highest BCUT2D eigenvalue weighted by atomic mass is 16.5. The first-order valence-corrected chi connectivity index (χ1v) is 3.71. The van der Waals surface area contributed by atoms with Gasteiger partial charge in [0.05, 0.1) is 6.61 Å². The molecule has 0 aromatic carbocycles. The van der Waals surface area contributed by atoms with Crippen LogP contribution in [-0.2, 0) is 14.3 Å². The van der Waals surface area contributed by atoms with E-state index in [1.807, 2.05) is 0 Å². The van der Waals surface area contributed by atoms with E-state index in [-0.39, 0.29) is 5.91 Å². The second kappa shape index (κ2) is 5.35. The zero-order valence-corrected chi connectivity index (χ0v) is 7.29. The molecule has 1 amide bonds. The molecule has 0 bridgehead atoms. The number of carbonyl (C=O) groups excluding carboxylic acids is 2. The highest BCUT2D eigenvalue weighted by Gasteiger charge is 2.14. The molecule has 0 aliphatic rings. The number of ether oxygens (including phenoxy) is 1. The zero-order valence-electron chi connectivity index (χ0n) is 7.29. The van der Waals surface area contributed by atoms with Gasteiger partial charge in [0.2, 0.25) is 5.91 Å². The molecule has 0 saturated heterocycles. The third-order valence-electron chi connectivity index (χ3n) is 1.18. The molecule has 0 rings (SSSR count). The average Bonchev–Trinajstić information content (AvgIpc) is 2.04. The van der Waals surface area contributed by atoms with E-state index in [4.69, 9.17) is 0 Å². The summed E-state index contributed by atoms with van der Waals surface area (Å²) in [7, 11) is 0. The summed E-state index contributed by atoms with van der Waals surface area (Å²) in [5.74, 6) is -0.816. The van der Waals surface area contributed by atoms with Gasteiger partial charge in [-0.15, -0.1) is 0 Å². The Labute approximate surface area is 71.6 Å². The predicted octanol–water partition coefficient (Wildman–Crippen LogP) is 0.240. The Morgan fingerprint density at radius 3 is 2.67 bits per heavy atom. The van der Waals surface area contributed by atoms with Crippen LogP contribution in [-0.4, -0.2) is 24.5 Å². The summed E-state index contributed by atoms with van der Waals surface area (Å²) in [6.45, 7) is 6.83. The van der Waals surface area contributed by atoms with Gasteiger partial charge in [0.1, 0.15) is 6.04 Å². The summed E-state index contributed by atoms with van der Waals surface area (Å²) in [6.07, 6.45) is 1.11. The topological polar surface area (TPSA) is 55.4 Å². The van der Waals surface area contributed by atoms with Crippen molar-refractivity contribution in [3.8, 4) is 0 Å². The predicted molar refractivity (Wildman–Crippen MR) is 44.4 cm³/mol. The maximum absolute atomic E-state index is 10.9. The number of amides is 1. The Morgan fingerprint density at radius 2 is 2.25 bits per heavy atom. The maximum atomic E-state index is 10.9. The van der Waals surface area contributed by atoms with Gasteiger partial charge < -0.3 is 10.1 Å². The van der Waals surface area contributed by atoms with Crippen molar-refractivity contribution in [3.05, 3.63) is 12.7 Å². The van der Waals surface area contributed by atoms with E-state index < -0.39 is 12.0 Å². The fraction of sp³-hybridized carbons (Fsp3) is 0.500. The molecule has 0 aromatic heterocycles. The van der Waals surface area contributed by atoms with Crippen molar-refractivity contribution in [1.82, 2.24) is 5.32 Å². The van der Waals surface area contributed by atoms with Crippen LogP contribution in [0.25, 0.3) is 0 Å². The average molecular weight is 171 g/mol. The molecule has 0 fully saturated rings. The Bertz CT molecular complexity index is 189. The Balaban J connectivity index is 3.85. The molecule has 0 aliphatic carbocycles. The molecule has 1 atom stereocenters. The molecule has 1 N–H and O–H groups in total. The fourth-order valence-corrected chi connectivity index (χ4v) is 0.598. The monoisotopic (exact) mass is 171 g/mol. The summed E-state index contributed by atoms with van der Waals surface area (Å²) in [6, 6.07) is -0.615. The van der Waals surface area contributed by atoms with Crippen LogP contribution in [0.2, 0.25) is 0 Å². The molecule has 0 spiro atoms. The Kier molecular flexibility index (Phi) is 4.76. The maximum Gasteiger partial charge on any atom is 0.328 e. The van der Waals surface area contributed by atoms with Crippen molar-refractivity contribution in [1.29, 1.82) is 0 Å². The molecular weight excluding hydrogens is 158 g/mol. The van der Waals surface area contributed by atoms with Crippen molar-refractivity contribution in [2.24, 2.45) is 0 Å². The highest BCUT2D eigenvalue weighted by molar-refractivity contribution is 5.90. The lowest BCUT2D eigenvalue weighted by Gasteiger charge is -2.10. The van der Waals surface area contributed by atoms with Gasteiger partial charge >= 0.3 is 5.97 Å². The smallest absolute Gasteiger partial charge is 0.328 e. The third kappa shape index (κ3) is 3.75. The number of carbonyl (C=O) groups is 2. The largest absolute Gasteiger partial charge is 0.464 e. The Hall–Kier alpha value is -1.32. The fourth-order valence-electron chi connectivity index (χ4n) is 0.598. The van der Waals surface area contributed by atoms with Crippen molar-refractivity contribution in [3.63, 3.8) is 0 Å². The number of esters is 1. The summed E-state index contributed by atoms with van der Waals surface area (Å²) < 4.78 is 4.66. The SMILES string of the molecule is C=CC(=O)NC(C)C(=O)OCC. The minimum atomic E-state index is -0.615. The van der Waals surface area contributed by atoms with Crippen molar-refractivity contribution in [2.45, 2.75) is 19.9 Å². The molecule has 0 aromatic rings. The van der Waals surface area contributed by atoms with E-state index >= 15 is 0 Å². The normalized spacial score (nSPS) is 11.5. The van der Waals surface area contributed by atoms with Crippen LogP contribution in [0.1, 0.15) is 13.8 Å². The summed E-state index contributed by atoms with van der Waals surface area (Å²) >= 11 is 0. The van der Waals surface area contributed by atoms with Gasteiger partial charge in [-0.25, -0.2) is 4.79 Å². The molecule has 0 aliphatic heterocycles. The van der Waals surface area contributed by atoms with Crippen molar-refractivity contribution < 1.29 is 14.3 Å². The first kappa shape index (κ1) is 10.7. The number of hydrogen-bond donors (Lipinski definition) is 1. The van der Waals surface area contributed by atoms with E-state index in [1.165, 1.54) is 0 Å². The molecular formula is C8H13NO3. The van der Waals surface area contributed by atoms with E-state index in [1.54, 1.807) is 13.8 Å². The van der Waals surface area contributed by atoms with Crippen LogP contribution in [0.15, 0.2) is 12.7 Å². The summed E-state index contributed by atoms with van der Waals surface area (Å²) in [5, 5.41) is 2.38. The molecule has 0 radical (unpaired) electrons. The second-order valence-electron chi connectivity index (χ2n) is 2.19. The quantitative estimate of drug-likeness (QED) is 0.487. The lowest BCUT2D eigenvalue weighted by molar-refractivity contribution is -0.146. The highest BCUT2D eigenvalue weighted by Crippen LogP contribution is 1.87. The van der Waals surface area contributed by atoms with E-state index in [0.29, 0.717) is 6.61 Å². The molecule has 1 unspecified atom stereocenters. The first-order chi connectivity index (χ1) is 5.61. The standard InChI is InChI=1S/C8H13NO3/c1-4-7(10)9-6(3)8(11)12-5-2/h4,6H,1,5H2,2-3H3,(H,9,10). The lowest BCUT2D eigenvalue weighted by atomic mass is 10.3.